The fourth-order valence-electron chi connectivity index (χ4n) is 5.81. The van der Waals surface area contributed by atoms with Gasteiger partial charge in [0.05, 0.1) is 9.98 Å². The molecule has 4 aliphatic rings. The van der Waals surface area contributed by atoms with Crippen molar-refractivity contribution >= 4 is 127 Å². The first kappa shape index (κ1) is 37.3. The summed E-state index contributed by atoms with van der Waals surface area (Å²) in [5, 5.41) is 14.7. The summed E-state index contributed by atoms with van der Waals surface area (Å²) in [5.74, 6) is 3.02. The number of fused-ring (bicyclic) bond motifs is 2. The number of thiocarbonyl (C=S) groups is 6. The molecule has 0 amide bonds. The van der Waals surface area contributed by atoms with E-state index in [1.165, 1.54) is 9.81 Å². The molecule has 4 heterocycles. The highest BCUT2D eigenvalue weighted by Gasteiger charge is 2.37. The fourth-order valence-corrected chi connectivity index (χ4v) is 10.5. The van der Waals surface area contributed by atoms with Gasteiger partial charge in [0.25, 0.3) is 0 Å². The van der Waals surface area contributed by atoms with Crippen LogP contribution in [-0.2, 0) is 0 Å². The molecule has 0 aromatic heterocycles. The average Bonchev–Trinajstić information content (AvgIpc) is 3.63. The summed E-state index contributed by atoms with van der Waals surface area (Å²) < 4.78 is 0. The lowest BCUT2D eigenvalue weighted by Crippen LogP contribution is -2.47. The van der Waals surface area contributed by atoms with Crippen LogP contribution >= 0.6 is 96.8 Å². The van der Waals surface area contributed by atoms with Gasteiger partial charge in [0.15, 0.2) is 10.2 Å². The summed E-state index contributed by atoms with van der Waals surface area (Å²) in [6, 6.07) is 0. The molecule has 2 unspecified atom stereocenters. The van der Waals surface area contributed by atoms with Gasteiger partial charge in [-0.2, -0.15) is 0 Å². The first-order valence-electron chi connectivity index (χ1n) is 15.7. The summed E-state index contributed by atoms with van der Waals surface area (Å²) in [4.78, 5) is 10.8. The molecule has 0 aromatic carbocycles. The van der Waals surface area contributed by atoms with Crippen LogP contribution in [0.25, 0.3) is 0 Å². The van der Waals surface area contributed by atoms with Crippen molar-refractivity contribution in [3.05, 3.63) is 22.0 Å². The Bertz CT molecular complexity index is 1160. The lowest BCUT2D eigenvalue weighted by Gasteiger charge is -2.38. The number of rotatable bonds is 14. The minimum absolute atomic E-state index is 0.0405. The van der Waals surface area contributed by atoms with E-state index in [1.54, 1.807) is 0 Å². The minimum atomic E-state index is 0.0405. The van der Waals surface area contributed by atoms with E-state index in [0.717, 1.165) is 103 Å². The number of nitrogens with zero attached hydrogens (tertiary/aromatic N) is 2. The Labute approximate surface area is 310 Å². The van der Waals surface area contributed by atoms with E-state index in [4.69, 9.17) is 73.3 Å². The summed E-state index contributed by atoms with van der Waals surface area (Å²) >= 11 is 37.9. The maximum absolute atomic E-state index is 5.84. The van der Waals surface area contributed by atoms with Crippen LogP contribution in [0.15, 0.2) is 22.0 Å². The van der Waals surface area contributed by atoms with E-state index < -0.39 is 0 Å². The van der Waals surface area contributed by atoms with Crippen molar-refractivity contribution in [2.24, 2.45) is 22.7 Å². The van der Waals surface area contributed by atoms with Gasteiger partial charge in [-0.25, -0.2) is 0 Å². The van der Waals surface area contributed by atoms with Crippen molar-refractivity contribution in [1.29, 1.82) is 0 Å². The normalized spacial score (nSPS) is 21.7. The first-order valence-corrected chi connectivity index (χ1v) is 20.1. The quantitative estimate of drug-likeness (QED) is 0.118. The third-order valence-electron chi connectivity index (χ3n) is 8.50. The topological polar surface area (TPSA) is 54.6 Å². The Kier molecular flexibility index (Phi) is 13.9. The van der Waals surface area contributed by atoms with E-state index in [1.807, 2.05) is 23.5 Å². The van der Waals surface area contributed by atoms with E-state index in [-0.39, 0.29) is 10.8 Å². The smallest absolute Gasteiger partial charge is 0.166 e. The van der Waals surface area contributed by atoms with Crippen LogP contribution in [-0.4, -0.2) is 90.8 Å². The molecular weight excluding hydrogens is 713 g/mol. The Morgan fingerprint density at radius 3 is 1.47 bits per heavy atom. The molecule has 4 aliphatic heterocycles. The standard InChI is InChI=1S/C31H46N6S8/c1-30(2,18-36-24(38)16-22-20(26(36)40)6-14-44-22)8-12-34-28(42)32-10-5-11-33-29(43)35-13-9-31(3,4)19-37-25(39)17-23-21(27(37)41)7-15-45-23/h16-17,20-21H,5-15,18-19H2,1-4H3,(H2,32,34,42)(H2,33,35,43). The van der Waals surface area contributed by atoms with Gasteiger partial charge in [0.2, 0.25) is 0 Å². The highest BCUT2D eigenvalue weighted by molar-refractivity contribution is 8.03. The molecule has 0 spiro atoms. The summed E-state index contributed by atoms with van der Waals surface area (Å²) in [6.07, 6.45) is 9.37. The monoisotopic (exact) mass is 758 g/mol. The number of hydrogen-bond donors (Lipinski definition) is 4. The Balaban J connectivity index is 1.04. The van der Waals surface area contributed by atoms with Gasteiger partial charge in [-0.1, -0.05) is 76.6 Å². The maximum Gasteiger partial charge on any atom is 0.166 e. The van der Waals surface area contributed by atoms with Gasteiger partial charge in [-0.3, -0.25) is 0 Å². The molecule has 0 aromatic rings. The van der Waals surface area contributed by atoms with Gasteiger partial charge >= 0.3 is 0 Å². The molecule has 0 aliphatic carbocycles. The molecule has 0 saturated carbocycles. The second kappa shape index (κ2) is 16.8. The Morgan fingerprint density at radius 1 is 0.689 bits per heavy atom. The van der Waals surface area contributed by atoms with Crippen molar-refractivity contribution in [1.82, 2.24) is 31.1 Å². The summed E-state index contributed by atoms with van der Waals surface area (Å²) in [6.45, 7) is 13.9. The fraction of sp³-hybridized carbons (Fsp3) is 0.677. The second-order valence-corrected chi connectivity index (χ2v) is 18.4. The molecule has 2 fully saturated rings. The van der Waals surface area contributed by atoms with Gasteiger partial charge < -0.3 is 31.1 Å². The van der Waals surface area contributed by atoms with Crippen LogP contribution in [0.2, 0.25) is 0 Å². The highest BCUT2D eigenvalue weighted by atomic mass is 32.2. The van der Waals surface area contributed by atoms with Crippen LogP contribution in [0, 0.1) is 22.7 Å². The Morgan fingerprint density at radius 2 is 1.07 bits per heavy atom. The van der Waals surface area contributed by atoms with Gasteiger partial charge in [0, 0.05) is 51.1 Å². The van der Waals surface area contributed by atoms with Crippen molar-refractivity contribution < 1.29 is 0 Å². The molecule has 6 nitrogen and oxygen atoms in total. The maximum atomic E-state index is 5.84. The molecule has 248 valence electrons. The summed E-state index contributed by atoms with van der Waals surface area (Å²) in [5.41, 5.74) is 0.0809. The van der Waals surface area contributed by atoms with Crippen molar-refractivity contribution in [3.63, 3.8) is 0 Å². The van der Waals surface area contributed by atoms with E-state index in [2.05, 4.69) is 70.9 Å². The van der Waals surface area contributed by atoms with E-state index >= 15 is 0 Å². The number of nitrogens with one attached hydrogen (secondary N) is 4. The van der Waals surface area contributed by atoms with Gasteiger partial charge in [0.1, 0.15) is 9.98 Å². The molecular formula is C31H46N6S8. The number of thioether (sulfide) groups is 2. The van der Waals surface area contributed by atoms with E-state index in [9.17, 15) is 0 Å². The second-order valence-electron chi connectivity index (χ2n) is 13.5. The van der Waals surface area contributed by atoms with Crippen molar-refractivity contribution in [2.45, 2.75) is 59.8 Å². The SMILES string of the molecule is CC(C)(CCNC(=S)NCCCNC(=S)NCCC(C)(C)CN1C(=S)C=C2SCCC2C1=S)CN1C(=S)C=C2SCCC2C1=S. The van der Waals surface area contributed by atoms with Crippen molar-refractivity contribution in [2.75, 3.05) is 50.8 Å². The lowest BCUT2D eigenvalue weighted by molar-refractivity contribution is 0.284. The summed E-state index contributed by atoms with van der Waals surface area (Å²) in [7, 11) is 0. The molecule has 0 bridgehead atoms. The molecule has 2 saturated heterocycles. The Hall–Kier alpha value is -0.480. The molecule has 0 radical (unpaired) electrons. The third kappa shape index (κ3) is 10.8. The molecule has 14 heteroatoms. The first-order chi connectivity index (χ1) is 21.3. The molecule has 2 atom stereocenters. The van der Waals surface area contributed by atoms with Crippen LogP contribution in [0.5, 0.6) is 0 Å². The molecule has 4 rings (SSSR count). The van der Waals surface area contributed by atoms with E-state index in [0.29, 0.717) is 22.1 Å². The number of hydrogen-bond acceptors (Lipinski definition) is 8. The lowest BCUT2D eigenvalue weighted by atomic mass is 9.87. The van der Waals surface area contributed by atoms with Gasteiger partial charge in [-0.15, -0.1) is 23.5 Å². The van der Waals surface area contributed by atoms with Gasteiger partial charge in [-0.05, 0) is 101 Å². The zero-order valence-electron chi connectivity index (χ0n) is 26.7. The van der Waals surface area contributed by atoms with Crippen LogP contribution < -0.4 is 21.3 Å². The van der Waals surface area contributed by atoms with Crippen molar-refractivity contribution in [3.8, 4) is 0 Å². The zero-order chi connectivity index (χ0) is 32.8. The van der Waals surface area contributed by atoms with Crippen LogP contribution in [0.4, 0.5) is 0 Å². The predicted molar refractivity (Wildman–Crippen MR) is 220 cm³/mol. The minimum Gasteiger partial charge on any atom is -0.363 e. The zero-order valence-corrected chi connectivity index (χ0v) is 33.2. The molecule has 4 N–H and O–H groups in total. The predicted octanol–water partition coefficient (Wildman–Crippen LogP) is 6.35. The van der Waals surface area contributed by atoms with Crippen LogP contribution in [0.1, 0.15) is 59.8 Å². The van der Waals surface area contributed by atoms with Crippen LogP contribution in [0.3, 0.4) is 0 Å². The third-order valence-corrected chi connectivity index (χ3v) is 13.1. The largest absolute Gasteiger partial charge is 0.363 e. The highest BCUT2D eigenvalue weighted by Crippen LogP contribution is 2.42. The molecule has 45 heavy (non-hydrogen) atoms. The average molecular weight is 759 g/mol.